The van der Waals surface area contributed by atoms with E-state index in [0.717, 1.165) is 43.0 Å². The maximum atomic E-state index is 15.5. The molecule has 8 nitrogen and oxygen atoms in total. The van der Waals surface area contributed by atoms with Crippen molar-refractivity contribution in [3.63, 3.8) is 0 Å². The van der Waals surface area contributed by atoms with Crippen LogP contribution in [-0.2, 0) is 6.54 Å². The van der Waals surface area contributed by atoms with Gasteiger partial charge >= 0.3 is 0 Å². The summed E-state index contributed by atoms with van der Waals surface area (Å²) in [6.45, 7) is 12.3. The molecule has 0 bridgehead atoms. The molecule has 0 saturated carbocycles. The molecule has 1 atom stereocenters. The third-order valence-corrected chi connectivity index (χ3v) is 8.91. The van der Waals surface area contributed by atoms with Crippen LogP contribution < -0.4 is 10.9 Å². The number of aryl methyl sites for hydroxylation is 1. The van der Waals surface area contributed by atoms with Crippen molar-refractivity contribution >= 4 is 28.6 Å². The highest BCUT2D eigenvalue weighted by molar-refractivity contribution is 6.33. The van der Waals surface area contributed by atoms with E-state index < -0.39 is 0 Å². The quantitative estimate of drug-likeness (QED) is 0.247. The maximum Gasteiger partial charge on any atom is 0.260 e. The lowest BCUT2D eigenvalue weighted by Gasteiger charge is -2.41. The molecular formula is C34H37ClFN7O. The molecule has 1 N–H and O–H groups in total. The molecule has 0 radical (unpaired) electrons. The van der Waals surface area contributed by atoms with E-state index in [0.29, 0.717) is 57.8 Å². The first-order valence-corrected chi connectivity index (χ1v) is 15.6. The third-order valence-electron chi connectivity index (χ3n) is 8.59. The van der Waals surface area contributed by atoms with Crippen LogP contribution in [-0.4, -0.2) is 61.5 Å². The molecule has 6 rings (SSSR count). The van der Waals surface area contributed by atoms with Crippen LogP contribution in [0.2, 0.25) is 5.02 Å². The predicted molar refractivity (Wildman–Crippen MR) is 175 cm³/mol. The summed E-state index contributed by atoms with van der Waals surface area (Å²) < 4.78 is 17.1. The van der Waals surface area contributed by atoms with Gasteiger partial charge in [0.1, 0.15) is 11.5 Å². The number of pyridine rings is 2. The van der Waals surface area contributed by atoms with Crippen LogP contribution in [0.15, 0.2) is 83.1 Å². The Bertz CT molecular complexity index is 1810. The molecule has 1 aliphatic heterocycles. The molecule has 10 heteroatoms. The second-order valence-electron chi connectivity index (χ2n) is 11.8. The van der Waals surface area contributed by atoms with Crippen molar-refractivity contribution in [2.75, 3.05) is 31.5 Å². The number of nitrogens with one attached hydrogen (secondary N) is 1. The summed E-state index contributed by atoms with van der Waals surface area (Å²) in [5.74, 6) is 0.122. The number of hydrogen-bond donors (Lipinski definition) is 1. The third kappa shape index (κ3) is 5.86. The smallest absolute Gasteiger partial charge is 0.260 e. The molecule has 3 aromatic heterocycles. The van der Waals surface area contributed by atoms with Gasteiger partial charge in [0.25, 0.3) is 5.56 Å². The van der Waals surface area contributed by atoms with E-state index in [1.54, 1.807) is 35.3 Å². The average molecular weight is 614 g/mol. The molecule has 1 aromatic carbocycles. The average Bonchev–Trinajstić information content (AvgIpc) is 3.01. The number of halogens is 2. The summed E-state index contributed by atoms with van der Waals surface area (Å²) in [4.78, 5) is 31.7. The first-order valence-electron chi connectivity index (χ1n) is 15.2. The van der Waals surface area contributed by atoms with E-state index in [9.17, 15) is 4.79 Å². The van der Waals surface area contributed by atoms with Gasteiger partial charge in [-0.05, 0) is 57.0 Å². The summed E-state index contributed by atoms with van der Waals surface area (Å²) in [5, 5.41) is 4.40. The molecule has 44 heavy (non-hydrogen) atoms. The molecule has 1 aliphatic carbocycles. The van der Waals surface area contributed by atoms with Crippen molar-refractivity contribution in [2.24, 2.45) is 5.92 Å². The van der Waals surface area contributed by atoms with Crippen LogP contribution in [0, 0.1) is 5.92 Å². The highest BCUT2D eigenvalue weighted by Crippen LogP contribution is 2.34. The molecular weight excluding hydrogens is 577 g/mol. The van der Waals surface area contributed by atoms with E-state index in [-0.39, 0.29) is 17.3 Å². The number of fused-ring (bicyclic) bond motifs is 1. The Morgan fingerprint density at radius 3 is 2.52 bits per heavy atom. The van der Waals surface area contributed by atoms with Gasteiger partial charge in [-0.1, -0.05) is 36.7 Å². The van der Waals surface area contributed by atoms with Crippen LogP contribution >= 0.6 is 11.6 Å². The Hall–Kier alpha value is -4.08. The van der Waals surface area contributed by atoms with Gasteiger partial charge in [0.05, 0.1) is 5.70 Å². The van der Waals surface area contributed by atoms with Gasteiger partial charge in [-0.3, -0.25) is 19.2 Å². The van der Waals surface area contributed by atoms with Gasteiger partial charge in [-0.15, -0.1) is 0 Å². The highest BCUT2D eigenvalue weighted by atomic mass is 35.5. The van der Waals surface area contributed by atoms with Gasteiger partial charge in [0.15, 0.2) is 0 Å². The Morgan fingerprint density at radius 2 is 1.86 bits per heavy atom. The van der Waals surface area contributed by atoms with Crippen LogP contribution in [0.1, 0.15) is 34.1 Å². The van der Waals surface area contributed by atoms with Gasteiger partial charge in [-0.25, -0.2) is 9.37 Å². The topological polar surface area (TPSA) is 79.2 Å². The molecule has 1 fully saturated rings. The van der Waals surface area contributed by atoms with Crippen LogP contribution in [0.3, 0.4) is 0 Å². The van der Waals surface area contributed by atoms with Gasteiger partial charge < -0.3 is 10.2 Å². The zero-order chi connectivity index (χ0) is 31.0. The first kappa shape index (κ1) is 30.0. The molecule has 4 aromatic rings. The van der Waals surface area contributed by atoms with E-state index in [4.69, 9.17) is 16.6 Å². The van der Waals surface area contributed by atoms with Gasteiger partial charge in [-0.2, -0.15) is 4.98 Å². The second-order valence-corrected chi connectivity index (χ2v) is 12.2. The largest absolute Gasteiger partial charge is 0.370 e. The van der Waals surface area contributed by atoms with Crippen molar-refractivity contribution in [1.82, 2.24) is 29.3 Å². The minimum Gasteiger partial charge on any atom is -0.370 e. The monoisotopic (exact) mass is 613 g/mol. The zero-order valence-corrected chi connectivity index (χ0v) is 26.3. The van der Waals surface area contributed by atoms with E-state index >= 15 is 4.39 Å². The second kappa shape index (κ2) is 12.5. The lowest BCUT2D eigenvalue weighted by Crippen LogP contribution is -2.49. The summed E-state index contributed by atoms with van der Waals surface area (Å²) in [6, 6.07) is 11.8. The fourth-order valence-corrected chi connectivity index (χ4v) is 6.55. The molecule has 228 valence electrons. The number of hydrogen-bond acceptors (Lipinski definition) is 7. The fraction of sp³-hybridized carbons (Fsp3) is 0.353. The number of nitrogens with zero attached hydrogens (tertiary/aromatic N) is 6. The fourth-order valence-electron chi connectivity index (χ4n) is 6.27. The Labute approximate surface area is 261 Å². The molecule has 2 aliphatic rings. The van der Waals surface area contributed by atoms with Crippen LogP contribution in [0.5, 0.6) is 0 Å². The molecule has 0 spiro atoms. The number of allylic oxidation sites excluding steroid dienone is 4. The van der Waals surface area contributed by atoms with E-state index in [1.165, 1.54) is 0 Å². The molecule has 4 heterocycles. The van der Waals surface area contributed by atoms with Gasteiger partial charge in [0.2, 0.25) is 5.95 Å². The number of benzene rings is 1. The standard InChI is InChI=1S/C34H37ClFN7O/c1-5-43-32-25(16-28(33(43)44)27-9-8-23(17-29(27)35)24-7-6-10-37-19-24)20-38-34(40-32)39-26-15-22(4)31(30(36)18-26)42-13-11-41(12-14-42)21(2)3/h6-10,16-22H,5,11-15H2,1-4H3,(H,38,39,40). The van der Waals surface area contributed by atoms with E-state index in [1.807, 2.05) is 37.3 Å². The lowest BCUT2D eigenvalue weighted by atomic mass is 9.94. The Morgan fingerprint density at radius 1 is 1.07 bits per heavy atom. The van der Waals surface area contributed by atoms with Crippen LogP contribution in [0.25, 0.3) is 33.3 Å². The highest BCUT2D eigenvalue weighted by Gasteiger charge is 2.29. The van der Waals surface area contributed by atoms with Crippen molar-refractivity contribution in [2.45, 2.75) is 46.7 Å². The van der Waals surface area contributed by atoms with Crippen molar-refractivity contribution in [1.29, 1.82) is 0 Å². The number of rotatable bonds is 7. The maximum absolute atomic E-state index is 15.5. The normalized spacial score (nSPS) is 17.8. The minimum atomic E-state index is -0.216. The molecule has 1 saturated heterocycles. The van der Waals surface area contributed by atoms with Crippen molar-refractivity contribution in [3.05, 3.63) is 93.7 Å². The van der Waals surface area contributed by atoms with Crippen molar-refractivity contribution < 1.29 is 4.39 Å². The SMILES string of the molecule is CCn1c(=O)c(-c2ccc(-c3cccnc3)cc2Cl)cc2cnc(NC3=CC(F)=C(N4CCN(C(C)C)CC4)C(C)C3)nc21. The van der Waals surface area contributed by atoms with Crippen LogP contribution in [0.4, 0.5) is 10.3 Å². The van der Waals surface area contributed by atoms with E-state index in [2.05, 4.69) is 45.9 Å². The summed E-state index contributed by atoms with van der Waals surface area (Å²) in [6.07, 6.45) is 7.39. The summed E-state index contributed by atoms with van der Waals surface area (Å²) in [5.41, 5.74) is 4.77. The first-order chi connectivity index (χ1) is 21.2. The number of aromatic nitrogens is 4. The summed E-state index contributed by atoms with van der Waals surface area (Å²) >= 11 is 6.71. The molecule has 0 amide bonds. The molecule has 1 unspecified atom stereocenters. The summed E-state index contributed by atoms with van der Waals surface area (Å²) in [7, 11) is 0. The van der Waals surface area contributed by atoms with Gasteiger partial charge in [0, 0.05) is 96.1 Å². The predicted octanol–water partition coefficient (Wildman–Crippen LogP) is 6.74. The lowest BCUT2D eigenvalue weighted by molar-refractivity contribution is 0.120. The Balaban J connectivity index is 1.27. The zero-order valence-electron chi connectivity index (χ0n) is 25.5. The minimum absolute atomic E-state index is 0.0132. The number of piperazine rings is 1. The Kier molecular flexibility index (Phi) is 8.51. The van der Waals surface area contributed by atoms with Crippen molar-refractivity contribution in [3.8, 4) is 22.3 Å². The number of anilines is 1.